The van der Waals surface area contributed by atoms with Crippen LogP contribution in [0.25, 0.3) is 5.69 Å². The van der Waals surface area contributed by atoms with Gasteiger partial charge in [-0.25, -0.2) is 4.68 Å². The second kappa shape index (κ2) is 28.1. The second-order valence-electron chi connectivity index (χ2n) is 24.1. The summed E-state index contributed by atoms with van der Waals surface area (Å²) in [5.74, 6) is -2.75. The number of unbranched alkanes of at least 4 members (excludes halogenated alkanes) is 1. The highest BCUT2D eigenvalue weighted by molar-refractivity contribution is 5.73. The van der Waals surface area contributed by atoms with Crippen molar-refractivity contribution < 1.29 is 58.7 Å². The molecule has 21 heteroatoms. The lowest BCUT2D eigenvalue weighted by molar-refractivity contribution is -0.318. The summed E-state index contributed by atoms with van der Waals surface area (Å²) < 4.78 is 42.2. The van der Waals surface area contributed by atoms with Crippen LogP contribution in [0.3, 0.4) is 0 Å². The molecule has 0 unspecified atom stereocenters. The first-order valence-electron chi connectivity index (χ1n) is 29.1. The maximum atomic E-state index is 14.5. The maximum Gasteiger partial charge on any atom is 0.311 e. The van der Waals surface area contributed by atoms with E-state index in [-0.39, 0.29) is 31.3 Å². The molecule has 0 radical (unpaired) electrons. The van der Waals surface area contributed by atoms with Gasteiger partial charge in [0.25, 0.3) is 0 Å². The Kier molecular flexibility index (Phi) is 23.0. The summed E-state index contributed by atoms with van der Waals surface area (Å²) in [5.41, 5.74) is -0.482. The van der Waals surface area contributed by atoms with Crippen LogP contribution in [0.2, 0.25) is 0 Å². The summed E-state index contributed by atoms with van der Waals surface area (Å²) in [6, 6.07) is 7.51. The minimum Gasteiger partial charge on any atom is -0.459 e. The molecule has 3 aliphatic heterocycles. The van der Waals surface area contributed by atoms with Gasteiger partial charge in [-0.15, -0.1) is 10.2 Å². The summed E-state index contributed by atoms with van der Waals surface area (Å²) in [4.78, 5) is 20.9. The number of cyclic esters (lactones) is 1. The maximum absolute atomic E-state index is 14.5. The lowest BCUT2D eigenvalue weighted by Crippen LogP contribution is -2.61. The molecule has 1 aromatic carbocycles. The van der Waals surface area contributed by atoms with E-state index in [1.807, 2.05) is 68.4 Å². The SMILES string of the molecule is CC[C@H]1OC(=O)[C@H](C)[C@@H](O[C@H]2C[C@@](C)(OC)[C@@H](O)[C@H](C)O2)[C@H](C)[C@@H](O[C@@H]2O[C@H](C)C[C@H](N(C)CCc3cn(CCCCc4ccc(-n5cc(CN(CC)CC)nn5)cc4)nn3)[C@H]2O)[C@](C)(O)C[C@@H](C)CN(C)[C@H](C)[C@@H](O)[C@]1(C)O. The van der Waals surface area contributed by atoms with Crippen LogP contribution in [-0.2, 0) is 59.1 Å². The number of nitrogens with zero attached hydrogens (tertiary/aromatic N) is 9. The van der Waals surface area contributed by atoms with Gasteiger partial charge in [0.05, 0.1) is 64.8 Å². The number of hydrogen-bond acceptors (Lipinski definition) is 19. The van der Waals surface area contributed by atoms with Gasteiger partial charge >= 0.3 is 5.97 Å². The average molecular weight is 1110 g/mol. The number of aliphatic hydroxyl groups excluding tert-OH is 3. The van der Waals surface area contributed by atoms with E-state index in [4.69, 9.17) is 28.4 Å². The number of carbonyl (C=O) groups is 1. The molecule has 3 saturated heterocycles. The molecule has 79 heavy (non-hydrogen) atoms. The molecule has 5 heterocycles. The van der Waals surface area contributed by atoms with Crippen molar-refractivity contribution in [2.24, 2.45) is 17.8 Å². The van der Waals surface area contributed by atoms with Gasteiger partial charge in [0.1, 0.15) is 30.0 Å². The zero-order chi connectivity index (χ0) is 58.1. The van der Waals surface area contributed by atoms with Crippen molar-refractivity contribution in [1.29, 1.82) is 0 Å². The molecule has 0 bridgehead atoms. The number of carbonyl (C=O) groups excluding carboxylic acids is 1. The minimum absolute atomic E-state index is 0.107. The van der Waals surface area contributed by atoms with E-state index in [1.54, 1.807) is 34.6 Å². The highest BCUT2D eigenvalue weighted by Crippen LogP contribution is 2.40. The van der Waals surface area contributed by atoms with E-state index in [9.17, 15) is 30.3 Å². The third kappa shape index (κ3) is 16.2. The van der Waals surface area contributed by atoms with Gasteiger partial charge in [-0.2, -0.15) is 0 Å². The van der Waals surface area contributed by atoms with Crippen molar-refractivity contribution in [3.63, 3.8) is 0 Å². The molecule has 0 amide bonds. The Balaban J connectivity index is 1.14. The van der Waals surface area contributed by atoms with Gasteiger partial charge in [-0.3, -0.25) is 14.4 Å². The van der Waals surface area contributed by atoms with Crippen molar-refractivity contribution in [2.75, 3.05) is 47.4 Å². The standard InChI is InChI=1S/C58H99N9O12/c1-16-47-58(12,73)51(69)40(8)64(14)32-36(4)30-56(10,72)53(38(6)50(39(7)54(71)77-47)78-48-31-57(11,74-15)52(70)41(9)76-48)79-55-49(68)46(29-37(5)75-55)63(13)28-26-43-34-66(61-59-43)27-20-19-21-42-22-24-45(25-23-42)67-35-44(60-62-67)33-65(17-2)18-3/h22-25,34-41,46-53,55,68-70,72-73H,16-21,26-33H2,1-15H3/t36-,37-,38+,39-,40-,41+,46+,47-,48+,49-,50+,51-,52+,53-,55+,56-,57-,58-/m1/s1. The molecule has 3 fully saturated rings. The topological polar surface area (TPSA) is 245 Å². The number of rotatable bonds is 20. The molecule has 21 nitrogen and oxygen atoms in total. The predicted octanol–water partition coefficient (Wildman–Crippen LogP) is 4.55. The Labute approximate surface area is 470 Å². The first-order chi connectivity index (χ1) is 37.2. The molecule has 6 rings (SSSR count). The molecule has 0 aliphatic carbocycles. The number of benzene rings is 1. The largest absolute Gasteiger partial charge is 0.459 e. The quantitative estimate of drug-likeness (QED) is 0.0770. The number of aliphatic hydroxyl groups is 5. The molecular formula is C58H99N9O12. The normalized spacial score (nSPS) is 36.8. The highest BCUT2D eigenvalue weighted by Gasteiger charge is 2.53. The zero-order valence-corrected chi connectivity index (χ0v) is 50.1. The smallest absolute Gasteiger partial charge is 0.311 e. The Morgan fingerprint density at radius 1 is 0.848 bits per heavy atom. The van der Waals surface area contributed by atoms with Gasteiger partial charge in [0.2, 0.25) is 0 Å². The monoisotopic (exact) mass is 1110 g/mol. The Morgan fingerprint density at radius 2 is 1.53 bits per heavy atom. The van der Waals surface area contributed by atoms with Crippen LogP contribution in [0.1, 0.15) is 139 Å². The summed E-state index contributed by atoms with van der Waals surface area (Å²) in [6.45, 7) is 26.4. The van der Waals surface area contributed by atoms with Gasteiger partial charge < -0.3 is 63.8 Å². The molecule has 18 atom stereocenters. The molecule has 0 spiro atoms. The number of aryl methyl sites for hydroxylation is 2. The van der Waals surface area contributed by atoms with E-state index >= 15 is 0 Å². The molecule has 2 aromatic heterocycles. The van der Waals surface area contributed by atoms with E-state index in [0.29, 0.717) is 25.9 Å². The molecular weight excluding hydrogens is 1010 g/mol. The van der Waals surface area contributed by atoms with E-state index in [2.05, 4.69) is 68.5 Å². The van der Waals surface area contributed by atoms with Crippen LogP contribution in [0.15, 0.2) is 36.7 Å². The van der Waals surface area contributed by atoms with Gasteiger partial charge in [0.15, 0.2) is 12.6 Å². The van der Waals surface area contributed by atoms with Crippen LogP contribution in [0.4, 0.5) is 0 Å². The van der Waals surface area contributed by atoms with Crippen LogP contribution in [0, 0.1) is 17.8 Å². The first kappa shape index (κ1) is 64.6. The summed E-state index contributed by atoms with van der Waals surface area (Å²) in [7, 11) is 5.32. The number of aromatic nitrogens is 6. The summed E-state index contributed by atoms with van der Waals surface area (Å²) >= 11 is 0. The number of esters is 1. The summed E-state index contributed by atoms with van der Waals surface area (Å²) in [5, 5.41) is 77.5. The summed E-state index contributed by atoms with van der Waals surface area (Å²) in [6.07, 6.45) is -1.50. The minimum atomic E-state index is -1.83. The lowest BCUT2D eigenvalue weighted by atomic mass is 9.77. The second-order valence-corrected chi connectivity index (χ2v) is 24.1. The van der Waals surface area contributed by atoms with Crippen LogP contribution >= 0.6 is 0 Å². The van der Waals surface area contributed by atoms with Crippen LogP contribution in [0.5, 0.6) is 0 Å². The van der Waals surface area contributed by atoms with Gasteiger partial charge in [0, 0.05) is 70.3 Å². The van der Waals surface area contributed by atoms with E-state index < -0.39 is 102 Å². The Morgan fingerprint density at radius 3 is 2.19 bits per heavy atom. The highest BCUT2D eigenvalue weighted by atomic mass is 16.7. The third-order valence-corrected chi connectivity index (χ3v) is 17.5. The molecule has 448 valence electrons. The third-order valence-electron chi connectivity index (χ3n) is 17.5. The average Bonchev–Trinajstić information content (AvgIpc) is 4.15. The molecule has 3 aliphatic rings. The van der Waals surface area contributed by atoms with Crippen LogP contribution < -0.4 is 0 Å². The molecule has 5 N–H and O–H groups in total. The van der Waals surface area contributed by atoms with Crippen molar-refractivity contribution in [2.45, 2.75) is 238 Å². The first-order valence-corrected chi connectivity index (χ1v) is 29.1. The van der Waals surface area contributed by atoms with Crippen molar-refractivity contribution in [1.82, 2.24) is 44.7 Å². The van der Waals surface area contributed by atoms with Gasteiger partial charge in [-0.05, 0) is 138 Å². The number of ether oxygens (including phenoxy) is 6. The number of hydrogen-bond donors (Lipinski definition) is 5. The fraction of sp³-hybridized carbons (Fsp3) is 0.810. The number of likely N-dealkylation sites (N-methyl/N-ethyl adjacent to an activating group) is 2. The zero-order valence-electron chi connectivity index (χ0n) is 50.1. The Hall–Kier alpha value is -3.55. The van der Waals surface area contributed by atoms with Crippen molar-refractivity contribution in [3.05, 3.63) is 53.6 Å². The number of methoxy groups -OCH3 is 1. The lowest BCUT2D eigenvalue weighted by Gasteiger charge is -2.49. The van der Waals surface area contributed by atoms with E-state index in [0.717, 1.165) is 62.5 Å². The molecule has 3 aromatic rings. The fourth-order valence-electron chi connectivity index (χ4n) is 12.3. The predicted molar refractivity (Wildman–Crippen MR) is 298 cm³/mol. The van der Waals surface area contributed by atoms with Crippen molar-refractivity contribution >= 4 is 5.97 Å². The van der Waals surface area contributed by atoms with Crippen molar-refractivity contribution in [3.8, 4) is 5.69 Å². The fourth-order valence-corrected chi connectivity index (χ4v) is 12.3. The van der Waals surface area contributed by atoms with Gasteiger partial charge in [-0.1, -0.05) is 57.2 Å². The van der Waals surface area contributed by atoms with E-state index in [1.165, 1.54) is 19.6 Å². The molecule has 0 saturated carbocycles. The van der Waals surface area contributed by atoms with Crippen LogP contribution in [-0.4, -0.2) is 214 Å². The Bertz CT molecular complexity index is 2320.